The number of benzene rings is 9. The molecule has 68 heavy (non-hydrogen) atoms. The highest BCUT2D eigenvalue weighted by atomic mass is 15.0. The minimum absolute atomic E-state index is 0.458. The molecule has 0 spiro atoms. The van der Waals surface area contributed by atoms with E-state index in [-0.39, 0.29) is 0 Å². The summed E-state index contributed by atoms with van der Waals surface area (Å²) in [5, 5.41) is 35.8. The quantitative estimate of drug-likeness (QED) is 0.159. The summed E-state index contributed by atoms with van der Waals surface area (Å²) in [6.07, 6.45) is 0. The molecule has 0 saturated carbocycles. The van der Waals surface area contributed by atoms with Gasteiger partial charge in [0.15, 0.2) is 5.82 Å². The fourth-order valence-corrected chi connectivity index (χ4v) is 9.76. The maximum atomic E-state index is 11.7. The normalized spacial score (nSPS) is 11.2. The molecule has 0 amide bonds. The third-order valence-electron chi connectivity index (χ3n) is 12.9. The molecule has 0 aliphatic rings. The summed E-state index contributed by atoms with van der Waals surface area (Å²) in [6, 6.07) is 78.2. The molecule has 314 valence electrons. The summed E-state index contributed by atoms with van der Waals surface area (Å²) in [5.41, 5.74) is 14.3. The monoisotopic (exact) mass is 865 g/mol. The van der Waals surface area contributed by atoms with Gasteiger partial charge < -0.3 is 9.13 Å². The van der Waals surface area contributed by atoms with Gasteiger partial charge in [-0.2, -0.15) is 15.8 Å². The van der Waals surface area contributed by atoms with Crippen molar-refractivity contribution in [3.8, 4) is 85.7 Å². The number of fused-ring (bicyclic) bond motifs is 6. The van der Waals surface area contributed by atoms with Gasteiger partial charge >= 0.3 is 0 Å². The van der Waals surface area contributed by atoms with Crippen LogP contribution in [0, 0.1) is 34.0 Å². The van der Waals surface area contributed by atoms with Crippen LogP contribution in [0.1, 0.15) is 16.7 Å². The Kier molecular flexibility index (Phi) is 9.51. The SMILES string of the molecule is N#Cc1ccccc1-c1ccc2c(c1)c1ccccc1n2-c1cc(-c2nc(-c3ccccc3)cc(-c3ccccc3)n2)cc(-n2c3ccccc3c3cc(-c4ccccc4C#N)ccc32)c1C#N. The number of hydrogen-bond donors (Lipinski definition) is 0. The molecule has 0 unspecified atom stereocenters. The van der Waals surface area contributed by atoms with Crippen molar-refractivity contribution in [2.24, 2.45) is 0 Å². The Balaban J connectivity index is 1.19. The summed E-state index contributed by atoms with van der Waals surface area (Å²) >= 11 is 0. The molecule has 0 radical (unpaired) electrons. The van der Waals surface area contributed by atoms with Crippen molar-refractivity contribution in [2.75, 3.05) is 0 Å². The lowest BCUT2D eigenvalue weighted by Gasteiger charge is -2.18. The number of rotatable bonds is 7. The molecule has 12 aromatic rings. The minimum atomic E-state index is 0.458. The van der Waals surface area contributed by atoms with Crippen molar-refractivity contribution >= 4 is 43.6 Å². The van der Waals surface area contributed by atoms with Crippen molar-refractivity contribution in [2.45, 2.75) is 0 Å². The van der Waals surface area contributed by atoms with Crippen molar-refractivity contribution in [3.05, 3.63) is 229 Å². The molecule has 7 nitrogen and oxygen atoms in total. The summed E-state index contributed by atoms with van der Waals surface area (Å²) in [6.45, 7) is 0. The molecular formula is C61H35N7. The standard InChI is InChI=1S/C61H35N7/c62-36-43-19-7-9-21-46(43)41-27-29-57-50(31-41)48-23-11-13-25-55(48)67(57)59-33-45(61-65-53(39-15-3-1-4-16-39)35-54(66-61)40-17-5-2-6-18-40)34-60(52(59)38-64)68-56-26-14-12-24-49(56)51-32-42(28-30-58(51)68)47-22-10-8-20-44(47)37-63/h1-35H. The van der Waals surface area contributed by atoms with Gasteiger partial charge in [-0.25, -0.2) is 9.97 Å². The van der Waals surface area contributed by atoms with Crippen LogP contribution >= 0.6 is 0 Å². The van der Waals surface area contributed by atoms with Gasteiger partial charge in [-0.1, -0.05) is 146 Å². The molecule has 0 bridgehead atoms. The molecule has 0 aliphatic carbocycles. The second-order valence-corrected chi connectivity index (χ2v) is 16.7. The van der Waals surface area contributed by atoms with Gasteiger partial charge in [-0.05, 0) is 89.0 Å². The van der Waals surface area contributed by atoms with Gasteiger partial charge in [-0.3, -0.25) is 0 Å². The average Bonchev–Trinajstić information content (AvgIpc) is 3.92. The zero-order chi connectivity index (χ0) is 45.7. The van der Waals surface area contributed by atoms with Gasteiger partial charge in [0.25, 0.3) is 0 Å². The lowest BCUT2D eigenvalue weighted by Crippen LogP contribution is -2.06. The zero-order valence-electron chi connectivity index (χ0n) is 36.3. The van der Waals surface area contributed by atoms with Crippen LogP contribution in [0.3, 0.4) is 0 Å². The van der Waals surface area contributed by atoms with Crippen LogP contribution in [-0.4, -0.2) is 19.1 Å². The number of hydrogen-bond acceptors (Lipinski definition) is 5. The van der Waals surface area contributed by atoms with Crippen LogP contribution in [0.2, 0.25) is 0 Å². The highest BCUT2D eigenvalue weighted by molar-refractivity contribution is 6.12. The Morgan fingerprint density at radius 3 is 1.19 bits per heavy atom. The van der Waals surface area contributed by atoms with E-state index in [9.17, 15) is 15.8 Å². The van der Waals surface area contributed by atoms with E-state index in [0.29, 0.717) is 33.9 Å². The fourth-order valence-electron chi connectivity index (χ4n) is 9.76. The largest absolute Gasteiger partial charge is 0.308 e. The van der Waals surface area contributed by atoms with E-state index in [1.165, 1.54) is 0 Å². The van der Waals surface area contributed by atoms with Crippen LogP contribution in [0.5, 0.6) is 0 Å². The molecule has 3 aromatic heterocycles. The number of nitriles is 3. The smallest absolute Gasteiger partial charge is 0.160 e. The van der Waals surface area contributed by atoms with Crippen LogP contribution in [0.4, 0.5) is 0 Å². The zero-order valence-corrected chi connectivity index (χ0v) is 36.3. The van der Waals surface area contributed by atoms with E-state index in [4.69, 9.17) is 9.97 Å². The van der Waals surface area contributed by atoms with Gasteiger partial charge in [0.2, 0.25) is 0 Å². The van der Waals surface area contributed by atoms with Crippen molar-refractivity contribution in [1.29, 1.82) is 15.8 Å². The second-order valence-electron chi connectivity index (χ2n) is 16.7. The van der Waals surface area contributed by atoms with Crippen molar-refractivity contribution in [3.63, 3.8) is 0 Å². The third-order valence-corrected chi connectivity index (χ3v) is 12.9. The molecule has 3 heterocycles. The van der Waals surface area contributed by atoms with Crippen LogP contribution in [0.25, 0.3) is 111 Å². The van der Waals surface area contributed by atoms with Gasteiger partial charge in [0.1, 0.15) is 11.6 Å². The van der Waals surface area contributed by atoms with Crippen LogP contribution in [-0.2, 0) is 0 Å². The van der Waals surface area contributed by atoms with E-state index < -0.39 is 0 Å². The van der Waals surface area contributed by atoms with Crippen LogP contribution in [0.15, 0.2) is 212 Å². The fraction of sp³-hybridized carbons (Fsp3) is 0. The molecule has 0 N–H and O–H groups in total. The molecule has 0 fully saturated rings. The minimum Gasteiger partial charge on any atom is -0.308 e. The van der Waals surface area contributed by atoms with Crippen molar-refractivity contribution in [1.82, 2.24) is 19.1 Å². The molecule has 0 aliphatic heterocycles. The number of para-hydroxylation sites is 2. The number of nitrogens with zero attached hydrogens (tertiary/aromatic N) is 7. The predicted octanol–water partition coefficient (Wildman–Crippen LogP) is 14.6. The molecular weight excluding hydrogens is 831 g/mol. The second kappa shape index (κ2) is 16.3. The molecule has 0 atom stereocenters. The Labute approximate surface area is 391 Å². The Morgan fingerprint density at radius 2 is 0.735 bits per heavy atom. The molecule has 12 rings (SSSR count). The van der Waals surface area contributed by atoms with E-state index in [2.05, 4.69) is 124 Å². The summed E-state index contributed by atoms with van der Waals surface area (Å²) in [5.74, 6) is 0.504. The van der Waals surface area contributed by atoms with Crippen molar-refractivity contribution < 1.29 is 0 Å². The maximum absolute atomic E-state index is 11.7. The van der Waals surface area contributed by atoms with Crippen LogP contribution < -0.4 is 0 Å². The van der Waals surface area contributed by atoms with E-state index >= 15 is 0 Å². The molecule has 7 heteroatoms. The van der Waals surface area contributed by atoms with Gasteiger partial charge in [-0.15, -0.1) is 0 Å². The van der Waals surface area contributed by atoms with Gasteiger partial charge in [0.05, 0.1) is 68.1 Å². The molecule has 0 saturated heterocycles. The first-order valence-electron chi connectivity index (χ1n) is 22.2. The predicted molar refractivity (Wildman–Crippen MR) is 272 cm³/mol. The first-order valence-corrected chi connectivity index (χ1v) is 22.2. The highest BCUT2D eigenvalue weighted by Gasteiger charge is 2.24. The number of aromatic nitrogens is 4. The van der Waals surface area contributed by atoms with E-state index in [0.717, 1.165) is 93.9 Å². The topological polar surface area (TPSA) is 107 Å². The molecule has 9 aromatic carbocycles. The lowest BCUT2D eigenvalue weighted by atomic mass is 9.98. The Bertz CT molecular complexity index is 3870. The highest BCUT2D eigenvalue weighted by Crippen LogP contribution is 2.42. The maximum Gasteiger partial charge on any atom is 0.160 e. The average molecular weight is 866 g/mol. The third kappa shape index (κ3) is 6.49. The summed E-state index contributed by atoms with van der Waals surface area (Å²) in [4.78, 5) is 10.6. The Morgan fingerprint density at radius 1 is 0.324 bits per heavy atom. The first kappa shape index (κ1) is 39.7. The Hall–Kier alpha value is -9.87. The summed E-state index contributed by atoms with van der Waals surface area (Å²) in [7, 11) is 0. The van der Waals surface area contributed by atoms with E-state index in [1.807, 2.05) is 115 Å². The van der Waals surface area contributed by atoms with Gasteiger partial charge in [0, 0.05) is 38.2 Å². The summed E-state index contributed by atoms with van der Waals surface area (Å²) < 4.78 is 4.36. The van der Waals surface area contributed by atoms with E-state index in [1.54, 1.807) is 0 Å². The lowest BCUT2D eigenvalue weighted by molar-refractivity contribution is 1.11. The first-order chi connectivity index (χ1) is 33.6.